The Hall–Kier alpha value is 2.50. The summed E-state index contributed by atoms with van der Waals surface area (Å²) in [7, 11) is 9.34. The van der Waals surface area contributed by atoms with Gasteiger partial charge in [0.25, 0.3) is 0 Å². The van der Waals surface area contributed by atoms with Crippen LogP contribution in [0.3, 0.4) is 0 Å². The van der Waals surface area contributed by atoms with Gasteiger partial charge in [0.15, 0.2) is 0 Å². The molecule has 0 aromatic carbocycles. The molecule has 0 atom stereocenters. The molecule has 0 saturated carbocycles. The SMILES string of the molecule is OO.[Br][Cu][Br].[Cl][Cu][Cl]. The van der Waals surface area contributed by atoms with Gasteiger partial charge in [0.05, 0.1) is 0 Å². The van der Waals surface area contributed by atoms with Crippen LogP contribution < -0.4 is 0 Å². The quantitative estimate of drug-likeness (QED) is 0.378. The van der Waals surface area contributed by atoms with Crippen LogP contribution in [0.15, 0.2) is 0 Å². The van der Waals surface area contributed by atoms with Crippen molar-refractivity contribution in [1.82, 2.24) is 0 Å². The molecule has 0 saturated heterocycles. The first-order chi connectivity index (χ1) is 3.83. The molecule has 0 aromatic rings. The van der Waals surface area contributed by atoms with E-state index in [1.54, 1.807) is 0 Å². The molecule has 0 aliphatic heterocycles. The molecule has 0 radical (unpaired) electrons. The van der Waals surface area contributed by atoms with Crippen LogP contribution >= 0.6 is 48.4 Å². The predicted molar refractivity (Wildman–Crippen MR) is 34.8 cm³/mol. The summed E-state index contributed by atoms with van der Waals surface area (Å²) in [6.45, 7) is 0. The predicted octanol–water partition coefficient (Wildman–Crippen LogP) is 3.08. The van der Waals surface area contributed by atoms with Crippen molar-refractivity contribution < 1.29 is 35.0 Å². The second-order valence-corrected chi connectivity index (χ2v) is 6.39. The van der Waals surface area contributed by atoms with E-state index in [0.717, 1.165) is 13.1 Å². The summed E-state index contributed by atoms with van der Waals surface area (Å²) in [6, 6.07) is 0. The Morgan fingerprint density at radius 3 is 1.12 bits per heavy atom. The van der Waals surface area contributed by atoms with E-state index in [0.29, 0.717) is 0 Å². The molecule has 64 valence electrons. The molecule has 2 nitrogen and oxygen atoms in total. The van der Waals surface area contributed by atoms with Crippen LogP contribution in [0.5, 0.6) is 0 Å². The Balaban J connectivity index is -0.0000000483. The van der Waals surface area contributed by atoms with E-state index >= 15 is 0 Å². The van der Waals surface area contributed by atoms with Crippen LogP contribution in [0.4, 0.5) is 0 Å². The van der Waals surface area contributed by atoms with Gasteiger partial charge in [-0.2, -0.15) is 0 Å². The fourth-order valence-corrected chi connectivity index (χ4v) is 0. The zero-order valence-corrected chi connectivity index (χ0v) is 9.58. The van der Waals surface area contributed by atoms with Gasteiger partial charge in [-0.15, -0.1) is 0 Å². The summed E-state index contributed by atoms with van der Waals surface area (Å²) in [5.41, 5.74) is 0. The standard InChI is InChI=1S/2BrH.2ClH.2Cu.H2O2/c;;;;;;1-2/h4*1H;;;1-2H/q;;;;2*+2;/p-4. The van der Waals surface area contributed by atoms with E-state index in [9.17, 15) is 0 Å². The summed E-state index contributed by atoms with van der Waals surface area (Å²) in [5.74, 6) is 0. The van der Waals surface area contributed by atoms with Gasteiger partial charge in [0.2, 0.25) is 0 Å². The second-order valence-electron chi connectivity index (χ2n) is 0.0861. The molecule has 0 rings (SSSR count). The Kier molecular flexibility index (Phi) is 71.4. The zero-order chi connectivity index (χ0) is 7.41. The Morgan fingerprint density at radius 1 is 1.12 bits per heavy atom. The molecule has 0 spiro atoms. The van der Waals surface area contributed by atoms with Crippen LogP contribution in [0.1, 0.15) is 0 Å². The molecule has 0 amide bonds. The van der Waals surface area contributed by atoms with E-state index in [2.05, 4.69) is 48.4 Å². The average molecular weight is 392 g/mol. The molecule has 0 aliphatic carbocycles. The second kappa shape index (κ2) is 33.9. The normalized spacial score (nSPS) is 6.25. The van der Waals surface area contributed by atoms with E-state index in [4.69, 9.17) is 10.5 Å². The van der Waals surface area contributed by atoms with E-state index in [-0.39, 0.29) is 0 Å². The van der Waals surface area contributed by atoms with Crippen molar-refractivity contribution in [3.05, 3.63) is 0 Å². The van der Waals surface area contributed by atoms with Crippen molar-refractivity contribution in [2.24, 2.45) is 0 Å². The average Bonchev–Trinajstić information content (AvgIpc) is 1.75. The van der Waals surface area contributed by atoms with E-state index in [1.807, 2.05) is 0 Å². The van der Waals surface area contributed by atoms with Crippen molar-refractivity contribution in [3.63, 3.8) is 0 Å². The first-order valence-electron chi connectivity index (χ1n) is 0.656. The van der Waals surface area contributed by atoms with E-state index < -0.39 is 0 Å². The van der Waals surface area contributed by atoms with Crippen LogP contribution in [0.2, 0.25) is 0 Å². The third kappa shape index (κ3) is 76.5. The molecule has 0 aromatic heterocycles. The van der Waals surface area contributed by atoms with Gasteiger partial charge in [-0.05, 0) is 0 Å². The fourth-order valence-electron chi connectivity index (χ4n) is 0. The Bertz CT molecular complexity index is 18.0. The molecule has 0 aliphatic rings. The molecule has 0 heterocycles. The molecule has 0 unspecified atom stereocenters. The van der Waals surface area contributed by atoms with Gasteiger partial charge in [0.1, 0.15) is 0 Å². The minimum absolute atomic E-state index is 0.757. The summed E-state index contributed by atoms with van der Waals surface area (Å²) >= 11 is 8.13. The van der Waals surface area contributed by atoms with Crippen LogP contribution in [0.25, 0.3) is 0 Å². The van der Waals surface area contributed by atoms with Crippen LogP contribution in [0, 0.1) is 0 Å². The van der Waals surface area contributed by atoms with Crippen molar-refractivity contribution in [2.75, 3.05) is 0 Å². The van der Waals surface area contributed by atoms with Crippen molar-refractivity contribution in [3.8, 4) is 0 Å². The molecule has 2 N–H and O–H groups in total. The van der Waals surface area contributed by atoms with Gasteiger partial charge in [-0.1, -0.05) is 0 Å². The van der Waals surface area contributed by atoms with Gasteiger partial charge in [-0.25, -0.2) is 0 Å². The molecular formula is H2Br2Cl2Cu2O2. The fraction of sp³-hybridized carbons (Fsp3) is 0. The first kappa shape index (κ1) is 16.8. The van der Waals surface area contributed by atoms with Crippen LogP contribution in [-0.4, -0.2) is 10.5 Å². The summed E-state index contributed by atoms with van der Waals surface area (Å²) in [4.78, 5) is 0. The summed E-state index contributed by atoms with van der Waals surface area (Å²) < 4.78 is 0. The Labute approximate surface area is 82.4 Å². The van der Waals surface area contributed by atoms with Crippen molar-refractivity contribution in [1.29, 1.82) is 0 Å². The molecule has 8 heavy (non-hydrogen) atoms. The molecule has 8 heteroatoms. The van der Waals surface area contributed by atoms with Gasteiger partial charge < -0.3 is 0 Å². The summed E-state index contributed by atoms with van der Waals surface area (Å²) in [5, 5.41) is 12.0. The third-order valence-electron chi connectivity index (χ3n) is 0. The maximum absolute atomic E-state index is 6.00. The van der Waals surface area contributed by atoms with Gasteiger partial charge in [0, 0.05) is 0 Å². The number of halogens is 4. The molecule has 0 fully saturated rings. The van der Waals surface area contributed by atoms with Gasteiger partial charge >= 0.3 is 72.9 Å². The molecular weight excluding hydrogens is 390 g/mol. The maximum atomic E-state index is 6.00. The van der Waals surface area contributed by atoms with Crippen molar-refractivity contribution in [2.45, 2.75) is 0 Å². The van der Waals surface area contributed by atoms with Gasteiger partial charge in [-0.3, -0.25) is 10.5 Å². The zero-order valence-electron chi connectivity index (χ0n) is 3.01. The van der Waals surface area contributed by atoms with Crippen molar-refractivity contribution >= 4 is 48.4 Å². The number of hydrogen-bond acceptors (Lipinski definition) is 2. The number of rotatable bonds is 0. The Morgan fingerprint density at radius 2 is 1.12 bits per heavy atom. The third-order valence-corrected chi connectivity index (χ3v) is 0. The summed E-state index contributed by atoms with van der Waals surface area (Å²) in [6.07, 6.45) is 0. The monoisotopic (exact) mass is 388 g/mol. The molecule has 0 bridgehead atoms. The number of hydrogen-bond donors (Lipinski definition) is 2. The first-order valence-corrected chi connectivity index (χ1v) is 7.90. The topological polar surface area (TPSA) is 40.5 Å². The minimum atomic E-state index is 0.757. The van der Waals surface area contributed by atoms with Crippen LogP contribution in [-0.2, 0) is 24.5 Å². The van der Waals surface area contributed by atoms with E-state index in [1.165, 1.54) is 11.3 Å².